The molecule has 3 aromatic rings. The van der Waals surface area contributed by atoms with Gasteiger partial charge in [-0.1, -0.05) is 16.8 Å². The zero-order chi connectivity index (χ0) is 13.4. The van der Waals surface area contributed by atoms with Gasteiger partial charge in [-0.3, -0.25) is 4.68 Å². The molecule has 19 heavy (non-hydrogen) atoms. The first-order chi connectivity index (χ1) is 9.13. The lowest BCUT2D eigenvalue weighted by atomic mass is 10.1. The molecule has 3 rings (SSSR count). The van der Waals surface area contributed by atoms with Gasteiger partial charge in [0, 0.05) is 13.2 Å². The summed E-state index contributed by atoms with van der Waals surface area (Å²) in [6.45, 7) is 1.93. The lowest BCUT2D eigenvalue weighted by Crippen LogP contribution is -1.84. The van der Waals surface area contributed by atoms with Crippen LogP contribution in [0.1, 0.15) is 5.56 Å². The third kappa shape index (κ3) is 2.08. The molecule has 1 N–H and O–H groups in total. The van der Waals surface area contributed by atoms with E-state index < -0.39 is 0 Å². The topological polar surface area (TPSA) is 77.0 Å². The summed E-state index contributed by atoms with van der Waals surface area (Å²) in [5.41, 5.74) is 2.31. The standard InChI is InChI=1S/C13H12N4O2/c1-8-3-4-11(18)10(5-8)13-15-12(16-19-13)9-6-14-17(2)7-9/h3-7,18H,1-2H3. The summed E-state index contributed by atoms with van der Waals surface area (Å²) in [5, 5.41) is 17.8. The molecule has 6 heteroatoms. The Morgan fingerprint density at radius 2 is 2.16 bits per heavy atom. The number of hydrogen-bond acceptors (Lipinski definition) is 5. The monoisotopic (exact) mass is 256 g/mol. The highest BCUT2D eigenvalue weighted by Crippen LogP contribution is 2.29. The Morgan fingerprint density at radius 3 is 2.89 bits per heavy atom. The molecule has 0 aliphatic carbocycles. The zero-order valence-electron chi connectivity index (χ0n) is 10.5. The van der Waals surface area contributed by atoms with Crippen LogP contribution in [-0.2, 0) is 7.05 Å². The fraction of sp³-hybridized carbons (Fsp3) is 0.154. The van der Waals surface area contributed by atoms with Gasteiger partial charge in [-0.2, -0.15) is 10.1 Å². The molecule has 0 radical (unpaired) electrons. The van der Waals surface area contributed by atoms with Crippen LogP contribution in [0, 0.1) is 6.92 Å². The van der Waals surface area contributed by atoms with E-state index in [1.54, 1.807) is 29.2 Å². The van der Waals surface area contributed by atoms with Crippen molar-refractivity contribution in [1.29, 1.82) is 0 Å². The van der Waals surface area contributed by atoms with Crippen molar-refractivity contribution in [3.63, 3.8) is 0 Å². The molecule has 0 bridgehead atoms. The Kier molecular flexibility index (Phi) is 2.56. The largest absolute Gasteiger partial charge is 0.507 e. The second-order valence-electron chi connectivity index (χ2n) is 4.35. The van der Waals surface area contributed by atoms with E-state index >= 15 is 0 Å². The smallest absolute Gasteiger partial charge is 0.262 e. The van der Waals surface area contributed by atoms with Crippen molar-refractivity contribution in [2.75, 3.05) is 0 Å². The fourth-order valence-electron chi connectivity index (χ4n) is 1.81. The minimum Gasteiger partial charge on any atom is -0.507 e. The van der Waals surface area contributed by atoms with Gasteiger partial charge >= 0.3 is 0 Å². The van der Waals surface area contributed by atoms with Gasteiger partial charge in [0.15, 0.2) is 0 Å². The highest BCUT2D eigenvalue weighted by Gasteiger charge is 2.14. The minimum absolute atomic E-state index is 0.118. The third-order valence-electron chi connectivity index (χ3n) is 2.77. The van der Waals surface area contributed by atoms with E-state index in [1.165, 1.54) is 0 Å². The first-order valence-electron chi connectivity index (χ1n) is 5.76. The second-order valence-corrected chi connectivity index (χ2v) is 4.35. The van der Waals surface area contributed by atoms with E-state index in [9.17, 15) is 5.11 Å². The summed E-state index contributed by atoms with van der Waals surface area (Å²) < 4.78 is 6.85. The van der Waals surface area contributed by atoms with Crippen molar-refractivity contribution in [1.82, 2.24) is 19.9 Å². The number of phenols is 1. The van der Waals surface area contributed by atoms with Crippen LogP contribution >= 0.6 is 0 Å². The van der Waals surface area contributed by atoms with E-state index in [2.05, 4.69) is 15.2 Å². The maximum Gasteiger partial charge on any atom is 0.262 e. The van der Waals surface area contributed by atoms with E-state index in [0.717, 1.165) is 11.1 Å². The van der Waals surface area contributed by atoms with Crippen LogP contribution in [0.3, 0.4) is 0 Å². The molecule has 1 aromatic carbocycles. The summed E-state index contributed by atoms with van der Waals surface area (Å²) in [6, 6.07) is 5.23. The fourth-order valence-corrected chi connectivity index (χ4v) is 1.81. The highest BCUT2D eigenvalue weighted by atomic mass is 16.5. The van der Waals surface area contributed by atoms with Crippen molar-refractivity contribution < 1.29 is 9.63 Å². The van der Waals surface area contributed by atoms with Crippen LogP contribution in [0.4, 0.5) is 0 Å². The number of hydrogen-bond donors (Lipinski definition) is 1. The molecular formula is C13H12N4O2. The minimum atomic E-state index is 0.118. The molecule has 0 amide bonds. The van der Waals surface area contributed by atoms with Gasteiger partial charge in [0.1, 0.15) is 5.75 Å². The SMILES string of the molecule is Cc1ccc(O)c(-c2nc(-c3cnn(C)c3)no2)c1. The normalized spacial score (nSPS) is 10.8. The molecule has 2 heterocycles. The van der Waals surface area contributed by atoms with Crippen molar-refractivity contribution in [2.24, 2.45) is 7.05 Å². The Morgan fingerprint density at radius 1 is 1.32 bits per heavy atom. The number of benzene rings is 1. The summed E-state index contributed by atoms with van der Waals surface area (Å²) in [7, 11) is 1.82. The number of nitrogens with zero attached hydrogens (tertiary/aromatic N) is 4. The van der Waals surface area contributed by atoms with Gasteiger partial charge in [-0.25, -0.2) is 0 Å². The molecule has 0 saturated heterocycles. The van der Waals surface area contributed by atoms with E-state index in [-0.39, 0.29) is 5.75 Å². The summed E-state index contributed by atoms with van der Waals surface area (Å²) in [6.07, 6.45) is 3.45. The molecule has 96 valence electrons. The molecular weight excluding hydrogens is 244 g/mol. The predicted molar refractivity (Wildman–Crippen MR) is 68.3 cm³/mol. The Hall–Kier alpha value is -2.63. The van der Waals surface area contributed by atoms with Gasteiger partial charge in [0.05, 0.1) is 17.3 Å². The first kappa shape index (κ1) is 11.5. The lowest BCUT2D eigenvalue weighted by molar-refractivity contribution is 0.425. The summed E-state index contributed by atoms with van der Waals surface area (Å²) in [5.74, 6) is 0.857. The molecule has 0 spiro atoms. The molecule has 0 aliphatic rings. The number of phenolic OH excluding ortho intramolecular Hbond substituents is 1. The van der Waals surface area contributed by atoms with Gasteiger partial charge in [0.2, 0.25) is 5.82 Å². The Bertz CT molecular complexity index is 730. The van der Waals surface area contributed by atoms with Gasteiger partial charge < -0.3 is 9.63 Å². The van der Waals surface area contributed by atoms with Crippen LogP contribution in [0.25, 0.3) is 22.8 Å². The maximum absolute atomic E-state index is 9.83. The molecule has 6 nitrogen and oxygen atoms in total. The maximum atomic E-state index is 9.83. The van der Waals surface area contributed by atoms with Crippen molar-refractivity contribution in [2.45, 2.75) is 6.92 Å². The van der Waals surface area contributed by atoms with Crippen molar-refractivity contribution >= 4 is 0 Å². The van der Waals surface area contributed by atoms with E-state index in [0.29, 0.717) is 17.3 Å². The van der Waals surface area contributed by atoms with Crippen molar-refractivity contribution in [3.8, 4) is 28.6 Å². The van der Waals surface area contributed by atoms with Crippen LogP contribution in [0.5, 0.6) is 5.75 Å². The number of aromatic nitrogens is 4. The zero-order valence-corrected chi connectivity index (χ0v) is 10.5. The number of aryl methyl sites for hydroxylation is 2. The molecule has 0 aliphatic heterocycles. The van der Waals surface area contributed by atoms with Crippen molar-refractivity contribution in [3.05, 3.63) is 36.2 Å². The predicted octanol–water partition coefficient (Wildman–Crippen LogP) is 2.15. The van der Waals surface area contributed by atoms with Gasteiger partial charge in [0.25, 0.3) is 5.89 Å². The average molecular weight is 256 g/mol. The quantitative estimate of drug-likeness (QED) is 0.760. The van der Waals surface area contributed by atoms with E-state index in [4.69, 9.17) is 4.52 Å². The Labute approximate surface area is 109 Å². The molecule has 0 fully saturated rings. The molecule has 0 unspecified atom stereocenters. The first-order valence-corrected chi connectivity index (χ1v) is 5.76. The van der Waals surface area contributed by atoms with Gasteiger partial charge in [-0.15, -0.1) is 0 Å². The summed E-state index contributed by atoms with van der Waals surface area (Å²) >= 11 is 0. The number of rotatable bonds is 2. The molecule has 2 aromatic heterocycles. The van der Waals surface area contributed by atoms with Crippen LogP contribution in [0.15, 0.2) is 35.1 Å². The Balaban J connectivity index is 2.03. The third-order valence-corrected chi connectivity index (χ3v) is 2.77. The number of aromatic hydroxyl groups is 1. The highest BCUT2D eigenvalue weighted by molar-refractivity contribution is 5.65. The van der Waals surface area contributed by atoms with Crippen LogP contribution in [0.2, 0.25) is 0 Å². The van der Waals surface area contributed by atoms with Crippen LogP contribution < -0.4 is 0 Å². The van der Waals surface area contributed by atoms with E-state index in [1.807, 2.05) is 20.0 Å². The summed E-state index contributed by atoms with van der Waals surface area (Å²) in [4.78, 5) is 4.27. The molecule has 0 saturated carbocycles. The van der Waals surface area contributed by atoms with Gasteiger partial charge in [-0.05, 0) is 19.1 Å². The lowest BCUT2D eigenvalue weighted by Gasteiger charge is -1.99. The second kappa shape index (κ2) is 4.24. The van der Waals surface area contributed by atoms with Crippen LogP contribution in [-0.4, -0.2) is 25.0 Å². The average Bonchev–Trinajstić information content (AvgIpc) is 3.00. The molecule has 0 atom stereocenters.